The number of aromatic nitrogens is 3. The minimum atomic E-state index is -4.86. The molecule has 0 spiro atoms. The molecule has 0 radical (unpaired) electrons. The van der Waals surface area contributed by atoms with Gasteiger partial charge in [0.05, 0.1) is 12.6 Å². The van der Waals surface area contributed by atoms with Crippen molar-refractivity contribution >= 4 is 22.7 Å². The predicted octanol–water partition coefficient (Wildman–Crippen LogP) is 4.21. The van der Waals surface area contributed by atoms with Gasteiger partial charge in [0, 0.05) is 35.8 Å². The molecule has 0 aliphatic rings. The van der Waals surface area contributed by atoms with E-state index in [4.69, 9.17) is 4.74 Å². The Morgan fingerprint density at radius 2 is 1.81 bits per heavy atom. The molecule has 0 unspecified atom stereocenters. The number of aromatic amines is 1. The topological polar surface area (TPSA) is 118 Å². The number of amides is 2. The highest BCUT2D eigenvalue weighted by Crippen LogP contribution is 2.29. The van der Waals surface area contributed by atoms with Gasteiger partial charge in [-0.25, -0.2) is 4.98 Å². The largest absolute Gasteiger partial charge is 0.573 e. The lowest BCUT2D eigenvalue weighted by atomic mass is 10.0. The number of fused-ring (bicyclic) bond motifs is 1. The maximum Gasteiger partial charge on any atom is 0.573 e. The number of hydrogen-bond donors (Lipinski definition) is 3. The summed E-state index contributed by atoms with van der Waals surface area (Å²) in [6, 6.07) is 12.3. The Balaban J connectivity index is 1.58. The Hall–Kier alpha value is -4.61. The smallest absolute Gasteiger partial charge is 0.480 e. The third-order valence-electron chi connectivity index (χ3n) is 5.38. The highest BCUT2D eigenvalue weighted by molar-refractivity contribution is 6.05. The van der Waals surface area contributed by atoms with Crippen molar-refractivity contribution in [2.75, 3.05) is 13.7 Å². The Morgan fingerprint density at radius 3 is 2.54 bits per heavy atom. The normalized spacial score (nSPS) is 11.3. The molecular formula is C25H22F3N5O4. The maximum absolute atomic E-state index is 13.0. The Morgan fingerprint density at radius 1 is 1.03 bits per heavy atom. The number of ether oxygens (including phenoxy) is 2. The van der Waals surface area contributed by atoms with Crippen LogP contribution >= 0.6 is 0 Å². The van der Waals surface area contributed by atoms with Crippen molar-refractivity contribution in [1.29, 1.82) is 0 Å². The summed E-state index contributed by atoms with van der Waals surface area (Å²) in [6.45, 7) is 2.06. The summed E-state index contributed by atoms with van der Waals surface area (Å²) < 4.78 is 47.4. The average molecular weight is 513 g/mol. The molecule has 0 aliphatic heterocycles. The number of hydrogen-bond acceptors (Lipinski definition) is 6. The van der Waals surface area contributed by atoms with Crippen LogP contribution in [0.15, 0.2) is 54.7 Å². The van der Waals surface area contributed by atoms with Crippen molar-refractivity contribution in [1.82, 2.24) is 25.8 Å². The number of benzene rings is 2. The lowest BCUT2D eigenvalue weighted by molar-refractivity contribution is -0.274. The minimum absolute atomic E-state index is 0.0437. The van der Waals surface area contributed by atoms with Crippen molar-refractivity contribution in [3.05, 3.63) is 71.5 Å². The van der Waals surface area contributed by atoms with Crippen LogP contribution in [-0.2, 0) is 6.54 Å². The predicted molar refractivity (Wildman–Crippen MR) is 128 cm³/mol. The molecule has 2 amide bonds. The van der Waals surface area contributed by atoms with Crippen molar-refractivity contribution in [2.45, 2.75) is 19.8 Å². The third-order valence-corrected chi connectivity index (χ3v) is 5.38. The second-order valence-corrected chi connectivity index (χ2v) is 7.81. The Labute approximate surface area is 209 Å². The standard InChI is InChI=1S/C25H22F3N5O4/c1-3-29-23(35)21-17-9-8-14(11-19(17)32-33-21)16-10-18(24(36-2)31-13-16)22(34)30-12-15-6-4-5-7-20(15)37-25(26,27)28/h4-11,13H,3,12H2,1-2H3,(H,29,35)(H,30,34)(H,32,33). The molecule has 2 aromatic carbocycles. The number of carbonyl (C=O) groups is 2. The molecule has 37 heavy (non-hydrogen) atoms. The van der Waals surface area contributed by atoms with Gasteiger partial charge in [-0.05, 0) is 36.8 Å². The number of alkyl halides is 3. The molecule has 12 heteroatoms. The van der Waals surface area contributed by atoms with Gasteiger partial charge in [-0.2, -0.15) is 5.10 Å². The van der Waals surface area contributed by atoms with Gasteiger partial charge in [-0.15, -0.1) is 13.2 Å². The minimum Gasteiger partial charge on any atom is -0.480 e. The van der Waals surface area contributed by atoms with Crippen LogP contribution in [0.2, 0.25) is 0 Å². The van der Waals surface area contributed by atoms with Gasteiger partial charge < -0.3 is 20.1 Å². The summed E-state index contributed by atoms with van der Waals surface area (Å²) in [5.41, 5.74) is 2.37. The van der Waals surface area contributed by atoms with Gasteiger partial charge >= 0.3 is 6.36 Å². The second-order valence-electron chi connectivity index (χ2n) is 7.81. The number of rotatable bonds is 8. The molecule has 0 saturated heterocycles. The first kappa shape index (κ1) is 25.5. The van der Waals surface area contributed by atoms with Gasteiger partial charge in [0.15, 0.2) is 5.69 Å². The van der Waals surface area contributed by atoms with E-state index in [1.54, 1.807) is 24.3 Å². The zero-order valence-electron chi connectivity index (χ0n) is 19.8. The number of carbonyl (C=O) groups excluding carboxylic acids is 2. The van der Waals surface area contributed by atoms with E-state index in [1.807, 2.05) is 6.92 Å². The van der Waals surface area contributed by atoms with E-state index >= 15 is 0 Å². The van der Waals surface area contributed by atoms with Gasteiger partial charge in [0.1, 0.15) is 11.3 Å². The zero-order valence-corrected chi connectivity index (χ0v) is 19.8. The lowest BCUT2D eigenvalue weighted by Crippen LogP contribution is -2.25. The van der Waals surface area contributed by atoms with Crippen LogP contribution in [0.5, 0.6) is 11.6 Å². The fraction of sp³-hybridized carbons (Fsp3) is 0.200. The summed E-state index contributed by atoms with van der Waals surface area (Å²) >= 11 is 0. The first-order chi connectivity index (χ1) is 17.7. The summed E-state index contributed by atoms with van der Waals surface area (Å²) in [7, 11) is 1.35. The molecule has 0 bridgehead atoms. The van der Waals surface area contributed by atoms with Crippen LogP contribution in [0.25, 0.3) is 22.0 Å². The van der Waals surface area contributed by atoms with E-state index in [2.05, 4.69) is 30.6 Å². The molecule has 3 N–H and O–H groups in total. The molecule has 2 heterocycles. The SMILES string of the molecule is CCNC(=O)c1n[nH]c2cc(-c3cnc(OC)c(C(=O)NCc4ccccc4OC(F)(F)F)c3)ccc12. The maximum atomic E-state index is 13.0. The van der Waals surface area contributed by atoms with Crippen molar-refractivity contribution in [2.24, 2.45) is 0 Å². The monoisotopic (exact) mass is 513 g/mol. The summed E-state index contributed by atoms with van der Waals surface area (Å²) in [4.78, 5) is 29.4. The Bertz CT molecular complexity index is 1450. The summed E-state index contributed by atoms with van der Waals surface area (Å²) in [5, 5.41) is 12.8. The molecule has 0 saturated carbocycles. The van der Waals surface area contributed by atoms with E-state index in [0.29, 0.717) is 28.6 Å². The van der Waals surface area contributed by atoms with Gasteiger partial charge in [0.25, 0.3) is 11.8 Å². The van der Waals surface area contributed by atoms with Gasteiger partial charge in [0.2, 0.25) is 5.88 Å². The molecule has 0 aliphatic carbocycles. The fourth-order valence-electron chi connectivity index (χ4n) is 3.70. The number of H-pyrrole nitrogens is 1. The molecule has 9 nitrogen and oxygen atoms in total. The first-order valence-electron chi connectivity index (χ1n) is 11.1. The highest BCUT2D eigenvalue weighted by atomic mass is 19.4. The van der Waals surface area contributed by atoms with Crippen molar-refractivity contribution in [3.8, 4) is 22.8 Å². The highest BCUT2D eigenvalue weighted by Gasteiger charge is 2.32. The number of para-hydroxylation sites is 1. The van der Waals surface area contributed by atoms with Gasteiger partial charge in [-0.3, -0.25) is 14.7 Å². The Kier molecular flexibility index (Phi) is 7.27. The fourth-order valence-corrected chi connectivity index (χ4v) is 3.70. The molecule has 192 valence electrons. The molecular weight excluding hydrogens is 491 g/mol. The average Bonchev–Trinajstić information content (AvgIpc) is 3.30. The third kappa shape index (κ3) is 5.80. The molecule has 4 aromatic rings. The number of halogens is 3. The zero-order chi connectivity index (χ0) is 26.6. The van der Waals surface area contributed by atoms with E-state index in [9.17, 15) is 22.8 Å². The van der Waals surface area contributed by atoms with E-state index in [0.717, 1.165) is 0 Å². The number of nitrogens with zero attached hydrogens (tertiary/aromatic N) is 2. The van der Waals surface area contributed by atoms with Crippen LogP contribution in [0.1, 0.15) is 33.3 Å². The molecule has 0 fully saturated rings. The van der Waals surface area contributed by atoms with Crippen LogP contribution in [-0.4, -0.2) is 47.0 Å². The number of methoxy groups -OCH3 is 1. The molecule has 0 atom stereocenters. The van der Waals surface area contributed by atoms with E-state index < -0.39 is 18.0 Å². The van der Waals surface area contributed by atoms with Crippen LogP contribution < -0.4 is 20.1 Å². The van der Waals surface area contributed by atoms with Gasteiger partial charge in [-0.1, -0.05) is 24.3 Å². The summed E-state index contributed by atoms with van der Waals surface area (Å²) in [5.74, 6) is -1.26. The van der Waals surface area contributed by atoms with Crippen LogP contribution in [0.3, 0.4) is 0 Å². The molecule has 4 rings (SSSR count). The van der Waals surface area contributed by atoms with Crippen LogP contribution in [0, 0.1) is 0 Å². The van der Waals surface area contributed by atoms with E-state index in [-0.39, 0.29) is 35.2 Å². The number of pyridine rings is 1. The molecule has 2 aromatic heterocycles. The quantitative estimate of drug-likeness (QED) is 0.325. The second kappa shape index (κ2) is 10.6. The van der Waals surface area contributed by atoms with Crippen LogP contribution in [0.4, 0.5) is 13.2 Å². The summed E-state index contributed by atoms with van der Waals surface area (Å²) in [6.07, 6.45) is -3.35. The number of nitrogens with one attached hydrogen (secondary N) is 3. The van der Waals surface area contributed by atoms with Crippen molar-refractivity contribution < 1.29 is 32.2 Å². The van der Waals surface area contributed by atoms with Crippen molar-refractivity contribution in [3.63, 3.8) is 0 Å². The van der Waals surface area contributed by atoms with E-state index in [1.165, 1.54) is 37.6 Å². The lowest BCUT2D eigenvalue weighted by Gasteiger charge is -2.14. The first-order valence-corrected chi connectivity index (χ1v) is 11.1.